The van der Waals surface area contributed by atoms with Crippen molar-refractivity contribution in [2.75, 3.05) is 7.11 Å². The Morgan fingerprint density at radius 2 is 2.19 bits per heavy atom. The number of nitrogens with zero attached hydrogens (tertiary/aromatic N) is 4. The first-order valence-electron chi connectivity index (χ1n) is 8.85. The Hall–Kier alpha value is -3.00. The van der Waals surface area contributed by atoms with Crippen LogP contribution in [0.1, 0.15) is 40.6 Å². The Morgan fingerprint density at radius 1 is 1.37 bits per heavy atom. The fraction of sp³-hybridized carbons (Fsp3) is 0.368. The molecule has 0 bridgehead atoms. The molecule has 1 atom stereocenters. The average Bonchev–Trinajstić information content (AvgIpc) is 2.99. The van der Waals surface area contributed by atoms with Crippen LogP contribution in [0.3, 0.4) is 0 Å². The van der Waals surface area contributed by atoms with Crippen molar-refractivity contribution in [3.8, 4) is 5.88 Å². The number of methoxy groups -OCH3 is 1. The molecule has 0 aromatic carbocycles. The normalized spacial score (nSPS) is 20.1. The average molecular weight is 367 g/mol. The van der Waals surface area contributed by atoms with Crippen molar-refractivity contribution in [1.29, 1.82) is 0 Å². The van der Waals surface area contributed by atoms with E-state index >= 15 is 0 Å². The molecule has 140 valence electrons. The van der Waals surface area contributed by atoms with Crippen molar-refractivity contribution in [2.45, 2.75) is 31.9 Å². The monoisotopic (exact) mass is 367 g/mol. The third kappa shape index (κ3) is 3.23. The van der Waals surface area contributed by atoms with Crippen molar-refractivity contribution in [1.82, 2.24) is 24.7 Å². The van der Waals surface area contributed by atoms with Gasteiger partial charge in [-0.2, -0.15) is 0 Å². The number of hydrogen-bond acceptors (Lipinski definition) is 6. The van der Waals surface area contributed by atoms with Gasteiger partial charge in [-0.1, -0.05) is 6.07 Å². The van der Waals surface area contributed by atoms with E-state index in [1.165, 1.54) is 0 Å². The minimum atomic E-state index is -0.317. The minimum absolute atomic E-state index is 0.150. The number of nitrogens with one attached hydrogen (secondary N) is 1. The van der Waals surface area contributed by atoms with Crippen molar-refractivity contribution >= 4 is 11.7 Å². The van der Waals surface area contributed by atoms with Gasteiger partial charge >= 0.3 is 0 Å². The van der Waals surface area contributed by atoms with E-state index in [1.807, 2.05) is 6.07 Å². The Morgan fingerprint density at radius 3 is 2.85 bits per heavy atom. The Labute approximate surface area is 156 Å². The number of rotatable bonds is 5. The largest absolute Gasteiger partial charge is 0.481 e. The summed E-state index contributed by atoms with van der Waals surface area (Å²) in [6, 6.07) is 5.18. The highest BCUT2D eigenvalue weighted by molar-refractivity contribution is 5.94. The maximum absolute atomic E-state index is 13.1. The van der Waals surface area contributed by atoms with Gasteiger partial charge in [0.15, 0.2) is 0 Å². The van der Waals surface area contributed by atoms with Crippen LogP contribution in [0.5, 0.6) is 5.88 Å². The SMILES string of the molecule is COc1ccc([C@H](NC(=O)c2c(C)nc3ncccn23)C2CC(O)C2)cn1. The third-order valence-electron chi connectivity index (χ3n) is 5.03. The first kappa shape index (κ1) is 17.4. The summed E-state index contributed by atoms with van der Waals surface area (Å²) >= 11 is 0. The van der Waals surface area contributed by atoms with E-state index in [1.54, 1.807) is 49.2 Å². The molecule has 3 aromatic heterocycles. The smallest absolute Gasteiger partial charge is 0.270 e. The summed E-state index contributed by atoms with van der Waals surface area (Å²) < 4.78 is 6.80. The zero-order valence-electron chi connectivity index (χ0n) is 15.2. The predicted molar refractivity (Wildman–Crippen MR) is 97.5 cm³/mol. The van der Waals surface area contributed by atoms with Crippen LogP contribution < -0.4 is 10.1 Å². The van der Waals surface area contributed by atoms with E-state index < -0.39 is 0 Å². The molecule has 1 fully saturated rings. The zero-order valence-corrected chi connectivity index (χ0v) is 15.2. The molecule has 3 heterocycles. The number of carbonyl (C=O) groups is 1. The van der Waals surface area contributed by atoms with E-state index in [0.717, 1.165) is 5.56 Å². The molecule has 0 unspecified atom stereocenters. The lowest BCUT2D eigenvalue weighted by Gasteiger charge is -2.38. The number of aromatic nitrogens is 4. The fourth-order valence-corrected chi connectivity index (χ4v) is 3.55. The quantitative estimate of drug-likeness (QED) is 0.711. The summed E-state index contributed by atoms with van der Waals surface area (Å²) in [4.78, 5) is 25.9. The van der Waals surface area contributed by atoms with Gasteiger partial charge in [-0.15, -0.1) is 0 Å². The number of pyridine rings is 1. The molecular formula is C19H21N5O3. The van der Waals surface area contributed by atoms with E-state index in [-0.39, 0.29) is 24.0 Å². The van der Waals surface area contributed by atoms with Crippen LogP contribution >= 0.6 is 0 Å². The molecule has 27 heavy (non-hydrogen) atoms. The molecule has 0 saturated heterocycles. The molecule has 2 N–H and O–H groups in total. The highest BCUT2D eigenvalue weighted by Crippen LogP contribution is 2.38. The fourth-order valence-electron chi connectivity index (χ4n) is 3.55. The summed E-state index contributed by atoms with van der Waals surface area (Å²) in [7, 11) is 1.56. The van der Waals surface area contributed by atoms with E-state index in [2.05, 4.69) is 20.3 Å². The van der Waals surface area contributed by atoms with Crippen LogP contribution in [0, 0.1) is 12.8 Å². The van der Waals surface area contributed by atoms with Crippen molar-refractivity contribution in [3.63, 3.8) is 0 Å². The van der Waals surface area contributed by atoms with Gasteiger partial charge in [0.2, 0.25) is 11.7 Å². The van der Waals surface area contributed by atoms with Crippen molar-refractivity contribution in [3.05, 3.63) is 53.7 Å². The second-order valence-corrected chi connectivity index (χ2v) is 6.81. The molecule has 1 saturated carbocycles. The summed E-state index contributed by atoms with van der Waals surface area (Å²) in [5.74, 6) is 0.926. The van der Waals surface area contributed by atoms with Crippen LogP contribution in [0.15, 0.2) is 36.8 Å². The molecule has 0 radical (unpaired) electrons. The number of imidazole rings is 1. The van der Waals surface area contributed by atoms with Crippen LogP contribution in [-0.4, -0.2) is 43.6 Å². The molecule has 8 heteroatoms. The first-order valence-corrected chi connectivity index (χ1v) is 8.85. The Kier molecular flexibility index (Phi) is 4.49. The van der Waals surface area contributed by atoms with E-state index in [0.29, 0.717) is 35.9 Å². The van der Waals surface area contributed by atoms with Gasteiger partial charge in [-0.25, -0.2) is 15.0 Å². The Bertz CT molecular complexity index is 963. The van der Waals surface area contributed by atoms with Crippen LogP contribution in [0.2, 0.25) is 0 Å². The minimum Gasteiger partial charge on any atom is -0.481 e. The number of hydrogen-bond donors (Lipinski definition) is 2. The molecule has 8 nitrogen and oxygen atoms in total. The zero-order chi connectivity index (χ0) is 19.0. The van der Waals surface area contributed by atoms with Gasteiger partial charge in [0.05, 0.1) is 24.9 Å². The number of aliphatic hydroxyl groups excluding tert-OH is 1. The van der Waals surface area contributed by atoms with Crippen LogP contribution in [0.25, 0.3) is 5.78 Å². The molecule has 1 aliphatic carbocycles. The molecular weight excluding hydrogens is 346 g/mol. The summed E-state index contributed by atoms with van der Waals surface area (Å²) in [6.07, 6.45) is 6.09. The molecule has 0 aliphatic heterocycles. The predicted octanol–water partition coefficient (Wildman–Crippen LogP) is 1.68. The molecule has 4 rings (SSSR count). The molecule has 1 aliphatic rings. The van der Waals surface area contributed by atoms with Gasteiger partial charge < -0.3 is 15.2 Å². The number of fused-ring (bicyclic) bond motifs is 1. The second-order valence-electron chi connectivity index (χ2n) is 6.81. The number of aryl methyl sites for hydroxylation is 1. The number of amides is 1. The van der Waals surface area contributed by atoms with E-state index in [9.17, 15) is 9.90 Å². The number of carbonyl (C=O) groups excluding carboxylic acids is 1. The Balaban J connectivity index is 1.64. The van der Waals surface area contributed by atoms with E-state index in [4.69, 9.17) is 4.74 Å². The highest BCUT2D eigenvalue weighted by atomic mass is 16.5. The maximum Gasteiger partial charge on any atom is 0.270 e. The van der Waals surface area contributed by atoms with Gasteiger partial charge in [0.25, 0.3) is 5.91 Å². The lowest BCUT2D eigenvalue weighted by atomic mass is 9.75. The molecule has 0 spiro atoms. The van der Waals surface area contributed by atoms with Gasteiger partial charge in [-0.05, 0) is 37.3 Å². The van der Waals surface area contributed by atoms with Crippen molar-refractivity contribution in [2.24, 2.45) is 5.92 Å². The van der Waals surface area contributed by atoms with Gasteiger partial charge in [-0.3, -0.25) is 9.20 Å². The first-order chi connectivity index (χ1) is 13.1. The number of ether oxygens (including phenoxy) is 1. The van der Waals surface area contributed by atoms with Crippen LogP contribution in [-0.2, 0) is 0 Å². The van der Waals surface area contributed by atoms with Gasteiger partial charge in [0, 0.05) is 24.7 Å². The second kappa shape index (κ2) is 6.96. The lowest BCUT2D eigenvalue weighted by Crippen LogP contribution is -2.41. The van der Waals surface area contributed by atoms with Crippen molar-refractivity contribution < 1.29 is 14.6 Å². The summed E-state index contributed by atoms with van der Waals surface area (Å²) in [5.41, 5.74) is 1.96. The third-order valence-corrected chi connectivity index (χ3v) is 5.03. The summed E-state index contributed by atoms with van der Waals surface area (Å²) in [5, 5.41) is 12.8. The standard InChI is InChI=1S/C19H21N5O3/c1-11-17(24-7-3-6-20-19(24)22-11)18(26)23-16(13-8-14(25)9-13)12-4-5-15(27-2)21-10-12/h3-7,10,13-14,16,25H,8-9H2,1-2H3,(H,23,26)/t13?,14?,16-/m0/s1. The number of aliphatic hydroxyl groups is 1. The molecule has 1 amide bonds. The summed E-state index contributed by atoms with van der Waals surface area (Å²) in [6.45, 7) is 1.79. The topological polar surface area (TPSA) is 102 Å². The maximum atomic E-state index is 13.1. The molecule has 3 aromatic rings. The van der Waals surface area contributed by atoms with Crippen LogP contribution in [0.4, 0.5) is 0 Å². The lowest BCUT2D eigenvalue weighted by molar-refractivity contribution is 0.0234. The van der Waals surface area contributed by atoms with Gasteiger partial charge in [0.1, 0.15) is 5.69 Å². The highest BCUT2D eigenvalue weighted by Gasteiger charge is 2.36.